The van der Waals surface area contributed by atoms with Crippen LogP contribution in [0.1, 0.15) is 119 Å². The first-order valence-electron chi connectivity index (χ1n) is 20.9. The largest absolute Gasteiger partial charge is 0.459 e. The highest BCUT2D eigenvalue weighted by Crippen LogP contribution is 2.65. The highest BCUT2D eigenvalue weighted by molar-refractivity contribution is 5.69. The Hall–Kier alpha value is -1.56. The van der Waals surface area contributed by atoms with Crippen LogP contribution in [0, 0.1) is 51.2 Å². The van der Waals surface area contributed by atoms with Crippen LogP contribution >= 0.6 is 0 Å². The average Bonchev–Trinajstić information content (AvgIpc) is 3.63. The minimum Gasteiger partial charge on any atom is -0.459 e. The van der Waals surface area contributed by atoms with Gasteiger partial charge in [-0.05, 0) is 99.2 Å². The number of rotatable bonds is 5. The molecule has 0 bridgehead atoms. The van der Waals surface area contributed by atoms with Gasteiger partial charge in [-0.1, -0.05) is 46.3 Å². The van der Waals surface area contributed by atoms with Crippen LogP contribution in [-0.4, -0.2) is 98.4 Å². The molecule has 17 atom stereocenters. The molecule has 0 amide bonds. The van der Waals surface area contributed by atoms with Gasteiger partial charge in [-0.3, -0.25) is 9.59 Å². The Kier molecular flexibility index (Phi) is 11.0. The summed E-state index contributed by atoms with van der Waals surface area (Å²) in [5, 5.41) is 22.2. The van der Waals surface area contributed by atoms with Gasteiger partial charge in [-0.2, -0.15) is 0 Å². The van der Waals surface area contributed by atoms with Crippen LogP contribution in [-0.2, 0) is 38.0 Å². The van der Waals surface area contributed by atoms with Crippen molar-refractivity contribution in [3.05, 3.63) is 11.6 Å². The van der Waals surface area contributed by atoms with Gasteiger partial charge in [0.1, 0.15) is 12.2 Å². The van der Waals surface area contributed by atoms with Crippen LogP contribution in [0.4, 0.5) is 0 Å². The summed E-state index contributed by atoms with van der Waals surface area (Å²) in [5.74, 6) is 1.22. The smallest absolute Gasteiger partial charge is 0.305 e. The molecular formula is C43H68O10. The quantitative estimate of drug-likeness (QED) is 0.249. The van der Waals surface area contributed by atoms with Crippen molar-refractivity contribution >= 4 is 11.9 Å². The number of hydrogen-bond donors (Lipinski definition) is 2. The SMILES string of the molecule is CCC(=O)O[C@H]1COC2C3C(CC[C@@]21C)[C@@]1(C)CC[C@H](OC)CC1C[C@@H]3O.CO[C@H]1CC[C@@]2(C)C(=C[C@H](O)C3C2CC[C@@]2(C)C3OC[C@@H]2OC(C)=O)C1. The Balaban J connectivity index is 0.000000164. The van der Waals surface area contributed by atoms with E-state index >= 15 is 0 Å². The fraction of sp³-hybridized carbons (Fsp3) is 0.907. The lowest BCUT2D eigenvalue weighted by Crippen LogP contribution is -2.61. The molecule has 2 N–H and O–H groups in total. The Morgan fingerprint density at radius 3 is 1.98 bits per heavy atom. The standard InChI is InChI=1S/C22H36O5.C21H32O5/c1-5-18(24)27-17-12-26-20-19-15(7-9-22(17,20)3)21(2)8-6-14(25-4)10-13(21)11-16(19)23;1-12(22)26-17-11-25-19-18-15(6-8-21(17,19)3)20(2)7-5-14(24-4)9-13(20)10-16(18)23/h13-17,19-20,23H,5-12H2,1-4H3;10,14-19,23H,5-9,11H2,1-4H3/t13?,14-,15?,16-,17-,19?,20?,21-,22+;14-,15?,16-,17-,18?,19?,20-,21+/m00/s1. The number of ether oxygens (including phenoxy) is 6. The Labute approximate surface area is 317 Å². The lowest BCUT2D eigenvalue weighted by atomic mass is 9.45. The van der Waals surface area contributed by atoms with Crippen LogP contribution in [0.2, 0.25) is 0 Å². The van der Waals surface area contributed by atoms with E-state index in [4.69, 9.17) is 28.4 Å². The molecule has 300 valence electrons. The molecule has 2 aliphatic heterocycles. The van der Waals surface area contributed by atoms with Crippen LogP contribution in [0.3, 0.4) is 0 Å². The van der Waals surface area contributed by atoms with Gasteiger partial charge in [0.2, 0.25) is 0 Å². The summed E-state index contributed by atoms with van der Waals surface area (Å²) >= 11 is 0. The molecule has 5 saturated carbocycles. The number of aliphatic hydroxyl groups excluding tert-OH is 2. The summed E-state index contributed by atoms with van der Waals surface area (Å²) < 4.78 is 35.0. The van der Waals surface area contributed by atoms with Crippen molar-refractivity contribution in [2.75, 3.05) is 27.4 Å². The van der Waals surface area contributed by atoms with E-state index in [2.05, 4.69) is 33.8 Å². The zero-order valence-electron chi connectivity index (χ0n) is 33.6. The van der Waals surface area contributed by atoms with E-state index < -0.39 is 6.10 Å². The second kappa shape index (κ2) is 14.7. The molecule has 7 fully saturated rings. The van der Waals surface area contributed by atoms with Gasteiger partial charge >= 0.3 is 11.9 Å². The Morgan fingerprint density at radius 2 is 1.36 bits per heavy atom. The number of fused-ring (bicyclic) bond motifs is 10. The second-order valence-corrected chi connectivity index (χ2v) is 19.2. The summed E-state index contributed by atoms with van der Waals surface area (Å²) in [5.41, 5.74) is 1.34. The van der Waals surface area contributed by atoms with Crippen LogP contribution in [0.15, 0.2) is 11.6 Å². The van der Waals surface area contributed by atoms with Crippen molar-refractivity contribution in [3.8, 4) is 0 Å². The highest BCUT2D eigenvalue weighted by atomic mass is 16.6. The molecule has 0 aromatic carbocycles. The first kappa shape index (κ1) is 39.7. The van der Waals surface area contributed by atoms with E-state index in [0.29, 0.717) is 43.5 Å². The van der Waals surface area contributed by atoms with Gasteiger partial charge in [0.05, 0.1) is 49.8 Å². The second-order valence-electron chi connectivity index (χ2n) is 19.2. The zero-order chi connectivity index (χ0) is 38.1. The molecule has 10 heteroatoms. The van der Waals surface area contributed by atoms with Crippen molar-refractivity contribution in [1.29, 1.82) is 0 Å². The third kappa shape index (κ3) is 6.55. The minimum absolute atomic E-state index is 0.0150. The Morgan fingerprint density at radius 1 is 0.774 bits per heavy atom. The number of carbonyl (C=O) groups is 2. The van der Waals surface area contributed by atoms with Crippen LogP contribution < -0.4 is 0 Å². The number of methoxy groups -OCH3 is 2. The van der Waals surface area contributed by atoms with Gasteiger partial charge in [0, 0.05) is 50.2 Å². The molecule has 2 heterocycles. The van der Waals surface area contributed by atoms with Gasteiger partial charge in [-0.15, -0.1) is 0 Å². The maximum absolute atomic E-state index is 11.9. The molecule has 0 aromatic rings. The molecule has 10 nitrogen and oxygen atoms in total. The molecule has 53 heavy (non-hydrogen) atoms. The summed E-state index contributed by atoms with van der Waals surface area (Å²) in [7, 11) is 3.59. The van der Waals surface area contributed by atoms with E-state index in [1.807, 2.05) is 14.0 Å². The van der Waals surface area contributed by atoms with Crippen molar-refractivity contribution in [2.45, 2.75) is 167 Å². The molecule has 6 aliphatic carbocycles. The summed E-state index contributed by atoms with van der Waals surface area (Å²) in [6.45, 7) is 13.4. The normalized spacial score (nSPS) is 51.1. The minimum atomic E-state index is -0.501. The van der Waals surface area contributed by atoms with Gasteiger partial charge in [-0.25, -0.2) is 0 Å². The molecule has 0 radical (unpaired) electrons. The first-order valence-corrected chi connectivity index (χ1v) is 20.9. The van der Waals surface area contributed by atoms with E-state index in [1.54, 1.807) is 7.11 Å². The van der Waals surface area contributed by atoms with Crippen molar-refractivity contribution in [3.63, 3.8) is 0 Å². The van der Waals surface area contributed by atoms with Gasteiger partial charge < -0.3 is 38.6 Å². The van der Waals surface area contributed by atoms with Crippen LogP contribution in [0.25, 0.3) is 0 Å². The van der Waals surface area contributed by atoms with Crippen molar-refractivity contribution < 1.29 is 48.2 Å². The molecule has 7 unspecified atom stereocenters. The monoisotopic (exact) mass is 744 g/mol. The van der Waals surface area contributed by atoms with E-state index in [1.165, 1.54) is 18.9 Å². The summed E-state index contributed by atoms with van der Waals surface area (Å²) in [6.07, 6.45) is 13.2. The fourth-order valence-corrected chi connectivity index (χ4v) is 13.4. The lowest BCUT2D eigenvalue weighted by molar-refractivity contribution is -0.194. The summed E-state index contributed by atoms with van der Waals surface area (Å²) in [4.78, 5) is 23.4. The number of hydrogen-bond acceptors (Lipinski definition) is 10. The topological polar surface area (TPSA) is 130 Å². The molecule has 0 aromatic heterocycles. The zero-order valence-corrected chi connectivity index (χ0v) is 33.6. The fourth-order valence-electron chi connectivity index (χ4n) is 13.4. The molecule has 0 spiro atoms. The van der Waals surface area contributed by atoms with E-state index in [-0.39, 0.29) is 82.1 Å². The number of esters is 2. The molecular weight excluding hydrogens is 676 g/mol. The highest BCUT2D eigenvalue weighted by Gasteiger charge is 2.65. The van der Waals surface area contributed by atoms with Gasteiger partial charge in [0.15, 0.2) is 0 Å². The molecule has 2 saturated heterocycles. The van der Waals surface area contributed by atoms with Crippen molar-refractivity contribution in [2.24, 2.45) is 51.2 Å². The Bertz CT molecular complexity index is 1400. The number of carbonyl (C=O) groups excluding carboxylic acids is 2. The molecule has 8 aliphatic rings. The summed E-state index contributed by atoms with van der Waals surface area (Å²) in [6, 6.07) is 0. The third-order valence-electron chi connectivity index (χ3n) is 16.8. The van der Waals surface area contributed by atoms with E-state index in [9.17, 15) is 19.8 Å². The predicted molar refractivity (Wildman–Crippen MR) is 198 cm³/mol. The average molecular weight is 745 g/mol. The van der Waals surface area contributed by atoms with E-state index in [0.717, 1.165) is 64.2 Å². The molecule has 8 rings (SSSR count). The maximum Gasteiger partial charge on any atom is 0.305 e. The number of aliphatic hydroxyl groups is 2. The predicted octanol–water partition coefficient (Wildman–Crippen LogP) is 6.18. The lowest BCUT2D eigenvalue weighted by Gasteiger charge is -2.61. The third-order valence-corrected chi connectivity index (χ3v) is 16.8. The van der Waals surface area contributed by atoms with Crippen LogP contribution in [0.5, 0.6) is 0 Å². The van der Waals surface area contributed by atoms with Crippen molar-refractivity contribution in [1.82, 2.24) is 0 Å². The maximum atomic E-state index is 11.9. The van der Waals surface area contributed by atoms with Gasteiger partial charge in [0.25, 0.3) is 0 Å². The first-order chi connectivity index (χ1) is 25.1.